The average Bonchev–Trinajstić information content (AvgIpc) is 2.62. The molecule has 126 valence electrons. The molecule has 0 aromatic heterocycles. The second-order valence-electron chi connectivity index (χ2n) is 5.83. The van der Waals surface area contributed by atoms with Crippen LogP contribution in [0.4, 0.5) is 4.39 Å². The summed E-state index contributed by atoms with van der Waals surface area (Å²) < 4.78 is 24.2. The van der Waals surface area contributed by atoms with Crippen molar-refractivity contribution in [3.05, 3.63) is 65.5 Å². The molecule has 0 spiro atoms. The third kappa shape index (κ3) is 3.92. The van der Waals surface area contributed by atoms with Crippen LogP contribution in [0.3, 0.4) is 0 Å². The number of benzene rings is 2. The van der Waals surface area contributed by atoms with Gasteiger partial charge in [-0.1, -0.05) is 29.8 Å². The van der Waals surface area contributed by atoms with E-state index in [1.54, 1.807) is 17.0 Å². The number of aryl methyl sites for hydroxylation is 1. The minimum absolute atomic E-state index is 0.0270. The van der Waals surface area contributed by atoms with Crippen molar-refractivity contribution in [2.24, 2.45) is 0 Å². The van der Waals surface area contributed by atoms with Gasteiger partial charge >= 0.3 is 0 Å². The monoisotopic (exact) mass is 329 g/mol. The van der Waals surface area contributed by atoms with Gasteiger partial charge in [-0.3, -0.25) is 4.79 Å². The van der Waals surface area contributed by atoms with Gasteiger partial charge in [0.05, 0.1) is 19.3 Å². The number of amides is 1. The van der Waals surface area contributed by atoms with E-state index in [2.05, 4.69) is 0 Å². The van der Waals surface area contributed by atoms with Crippen molar-refractivity contribution in [1.82, 2.24) is 4.90 Å². The highest BCUT2D eigenvalue weighted by Crippen LogP contribution is 2.24. The lowest BCUT2D eigenvalue weighted by atomic mass is 10.0. The van der Waals surface area contributed by atoms with Gasteiger partial charge < -0.3 is 14.4 Å². The third-order valence-corrected chi connectivity index (χ3v) is 4.09. The van der Waals surface area contributed by atoms with Crippen molar-refractivity contribution >= 4 is 5.91 Å². The Labute approximate surface area is 140 Å². The average molecular weight is 329 g/mol. The Balaban J connectivity index is 1.66. The summed E-state index contributed by atoms with van der Waals surface area (Å²) in [6.45, 7) is 3.37. The summed E-state index contributed by atoms with van der Waals surface area (Å²) in [5.74, 6) is 0.268. The standard InChI is InChI=1S/C19H20FNO3/c1-14-2-8-17(9-3-14)24-13-19(22)21-10-11-23-12-18(21)15-4-6-16(20)7-5-15/h2-9,18H,10-13H2,1H3. The molecule has 1 heterocycles. The quantitative estimate of drug-likeness (QED) is 0.865. The summed E-state index contributed by atoms with van der Waals surface area (Å²) in [6.07, 6.45) is 0. The lowest BCUT2D eigenvalue weighted by molar-refractivity contribution is -0.142. The van der Waals surface area contributed by atoms with E-state index in [1.807, 2.05) is 31.2 Å². The first kappa shape index (κ1) is 16.5. The molecule has 0 radical (unpaired) electrons. The van der Waals surface area contributed by atoms with Crippen LogP contribution in [0.2, 0.25) is 0 Å². The Bertz CT molecular complexity index is 685. The molecule has 2 aromatic carbocycles. The molecule has 24 heavy (non-hydrogen) atoms. The minimum atomic E-state index is -0.295. The molecule has 0 aliphatic carbocycles. The Morgan fingerprint density at radius 1 is 1.21 bits per heavy atom. The maximum Gasteiger partial charge on any atom is 0.261 e. The molecule has 4 nitrogen and oxygen atoms in total. The van der Waals surface area contributed by atoms with Crippen molar-refractivity contribution in [1.29, 1.82) is 0 Å². The van der Waals surface area contributed by atoms with Gasteiger partial charge in [0.1, 0.15) is 11.6 Å². The van der Waals surface area contributed by atoms with E-state index in [9.17, 15) is 9.18 Å². The number of hydrogen-bond acceptors (Lipinski definition) is 3. The predicted molar refractivity (Wildman–Crippen MR) is 88.3 cm³/mol. The van der Waals surface area contributed by atoms with Crippen LogP contribution in [0.1, 0.15) is 17.2 Å². The van der Waals surface area contributed by atoms with Crippen molar-refractivity contribution in [3.8, 4) is 5.75 Å². The van der Waals surface area contributed by atoms with Crippen LogP contribution in [0.15, 0.2) is 48.5 Å². The van der Waals surface area contributed by atoms with Gasteiger partial charge in [-0.05, 0) is 36.8 Å². The topological polar surface area (TPSA) is 38.8 Å². The fraction of sp³-hybridized carbons (Fsp3) is 0.316. The van der Waals surface area contributed by atoms with E-state index >= 15 is 0 Å². The first-order valence-corrected chi connectivity index (χ1v) is 7.95. The minimum Gasteiger partial charge on any atom is -0.484 e. The molecular formula is C19H20FNO3. The normalized spacial score (nSPS) is 17.6. The first-order valence-electron chi connectivity index (χ1n) is 7.95. The first-order chi connectivity index (χ1) is 11.6. The molecule has 0 bridgehead atoms. The van der Waals surface area contributed by atoms with Gasteiger partial charge in [-0.2, -0.15) is 0 Å². The van der Waals surface area contributed by atoms with Crippen LogP contribution in [0.25, 0.3) is 0 Å². The van der Waals surface area contributed by atoms with E-state index < -0.39 is 0 Å². The summed E-state index contributed by atoms with van der Waals surface area (Å²) in [5.41, 5.74) is 2.00. The molecule has 1 saturated heterocycles. The van der Waals surface area contributed by atoms with Gasteiger partial charge in [0.15, 0.2) is 6.61 Å². The summed E-state index contributed by atoms with van der Waals surface area (Å²) in [7, 11) is 0. The van der Waals surface area contributed by atoms with Crippen molar-refractivity contribution in [2.45, 2.75) is 13.0 Å². The SMILES string of the molecule is Cc1ccc(OCC(=O)N2CCOCC2c2ccc(F)cc2)cc1. The number of hydrogen-bond donors (Lipinski definition) is 0. The molecule has 1 fully saturated rings. The fourth-order valence-corrected chi connectivity index (χ4v) is 2.73. The van der Waals surface area contributed by atoms with E-state index in [4.69, 9.17) is 9.47 Å². The largest absolute Gasteiger partial charge is 0.484 e. The van der Waals surface area contributed by atoms with Crippen molar-refractivity contribution < 1.29 is 18.7 Å². The number of nitrogens with zero attached hydrogens (tertiary/aromatic N) is 1. The van der Waals surface area contributed by atoms with Gasteiger partial charge in [0.2, 0.25) is 0 Å². The Kier molecular flexibility index (Phi) is 5.11. The number of rotatable bonds is 4. The molecule has 1 amide bonds. The van der Waals surface area contributed by atoms with Gasteiger partial charge in [-0.15, -0.1) is 0 Å². The van der Waals surface area contributed by atoms with E-state index in [0.29, 0.717) is 25.5 Å². The van der Waals surface area contributed by atoms with Crippen LogP contribution >= 0.6 is 0 Å². The Morgan fingerprint density at radius 3 is 2.62 bits per heavy atom. The molecule has 0 saturated carbocycles. The van der Waals surface area contributed by atoms with E-state index in [1.165, 1.54) is 12.1 Å². The lowest BCUT2D eigenvalue weighted by Gasteiger charge is -2.35. The van der Waals surface area contributed by atoms with E-state index in [-0.39, 0.29) is 24.4 Å². The third-order valence-electron chi connectivity index (χ3n) is 4.09. The molecule has 0 N–H and O–H groups in total. The molecule has 1 atom stereocenters. The van der Waals surface area contributed by atoms with Crippen LogP contribution in [0.5, 0.6) is 5.75 Å². The number of carbonyl (C=O) groups is 1. The number of ether oxygens (including phenoxy) is 2. The zero-order valence-electron chi connectivity index (χ0n) is 13.6. The number of carbonyl (C=O) groups excluding carboxylic acids is 1. The molecule has 5 heteroatoms. The van der Waals surface area contributed by atoms with Crippen molar-refractivity contribution in [2.75, 3.05) is 26.4 Å². The van der Waals surface area contributed by atoms with Crippen LogP contribution in [0, 0.1) is 12.7 Å². The zero-order chi connectivity index (χ0) is 16.9. The molecular weight excluding hydrogens is 309 g/mol. The highest BCUT2D eigenvalue weighted by molar-refractivity contribution is 5.78. The maximum absolute atomic E-state index is 13.1. The fourth-order valence-electron chi connectivity index (χ4n) is 2.73. The second kappa shape index (κ2) is 7.45. The van der Waals surface area contributed by atoms with Gasteiger partial charge in [-0.25, -0.2) is 4.39 Å². The van der Waals surface area contributed by atoms with Gasteiger partial charge in [0.25, 0.3) is 5.91 Å². The van der Waals surface area contributed by atoms with Crippen LogP contribution < -0.4 is 4.74 Å². The number of halogens is 1. The van der Waals surface area contributed by atoms with Crippen molar-refractivity contribution in [3.63, 3.8) is 0 Å². The molecule has 2 aromatic rings. The van der Waals surface area contributed by atoms with E-state index in [0.717, 1.165) is 11.1 Å². The highest BCUT2D eigenvalue weighted by Gasteiger charge is 2.28. The lowest BCUT2D eigenvalue weighted by Crippen LogP contribution is -2.45. The van der Waals surface area contributed by atoms with Crippen LogP contribution in [-0.4, -0.2) is 37.2 Å². The highest BCUT2D eigenvalue weighted by atomic mass is 19.1. The smallest absolute Gasteiger partial charge is 0.261 e. The molecule has 1 aliphatic rings. The van der Waals surface area contributed by atoms with Crippen LogP contribution in [-0.2, 0) is 9.53 Å². The molecule has 1 unspecified atom stereocenters. The second-order valence-corrected chi connectivity index (χ2v) is 5.83. The summed E-state index contributed by atoms with van der Waals surface area (Å²) in [5, 5.41) is 0. The zero-order valence-corrected chi connectivity index (χ0v) is 13.6. The predicted octanol–water partition coefficient (Wildman–Crippen LogP) is 3.11. The summed E-state index contributed by atoms with van der Waals surface area (Å²) in [4.78, 5) is 14.3. The summed E-state index contributed by atoms with van der Waals surface area (Å²) in [6, 6.07) is 13.5. The number of morpholine rings is 1. The molecule has 1 aliphatic heterocycles. The maximum atomic E-state index is 13.1. The van der Waals surface area contributed by atoms with Gasteiger partial charge in [0, 0.05) is 6.54 Å². The Morgan fingerprint density at radius 2 is 1.92 bits per heavy atom. The molecule has 3 rings (SSSR count). The Hall–Kier alpha value is -2.40. The summed E-state index contributed by atoms with van der Waals surface area (Å²) >= 11 is 0.